The van der Waals surface area contributed by atoms with Gasteiger partial charge in [0.05, 0.1) is 6.10 Å². The first-order valence-corrected chi connectivity index (χ1v) is 7.51. The molecule has 1 N–H and O–H groups in total. The van der Waals surface area contributed by atoms with Gasteiger partial charge in [0.15, 0.2) is 5.76 Å². The maximum atomic E-state index is 12.6. The molecule has 0 radical (unpaired) electrons. The second kappa shape index (κ2) is 5.35. The number of nitrogens with zero attached hydrogens (tertiary/aromatic N) is 1. The van der Waals surface area contributed by atoms with Crippen LogP contribution >= 0.6 is 11.6 Å². The van der Waals surface area contributed by atoms with Gasteiger partial charge in [-0.05, 0) is 38.5 Å². The summed E-state index contributed by atoms with van der Waals surface area (Å²) in [5, 5.41) is 11.1. The summed E-state index contributed by atoms with van der Waals surface area (Å²) in [5.74, 6) is 0.412. The average molecular weight is 308 g/mol. The molecule has 112 valence electrons. The third kappa shape index (κ3) is 2.54. The van der Waals surface area contributed by atoms with Crippen LogP contribution in [0.5, 0.6) is 0 Å². The summed E-state index contributed by atoms with van der Waals surface area (Å²) in [4.78, 5) is 14.4. The van der Waals surface area contributed by atoms with Gasteiger partial charge in [-0.25, -0.2) is 0 Å². The normalized spacial score (nSPS) is 20.2. The Kier molecular flexibility index (Phi) is 3.68. The van der Waals surface area contributed by atoms with Gasteiger partial charge < -0.3 is 14.4 Å². The molecule has 3 rings (SSSR count). The van der Waals surface area contributed by atoms with Crippen molar-refractivity contribution >= 4 is 28.5 Å². The molecular formula is C16H18ClNO3. The molecule has 0 bridgehead atoms. The number of furan rings is 1. The van der Waals surface area contributed by atoms with E-state index in [1.165, 1.54) is 0 Å². The van der Waals surface area contributed by atoms with Crippen molar-refractivity contribution in [1.82, 2.24) is 4.90 Å². The van der Waals surface area contributed by atoms with Gasteiger partial charge in [0.2, 0.25) is 0 Å². The van der Waals surface area contributed by atoms with E-state index in [1.807, 2.05) is 13.0 Å². The van der Waals surface area contributed by atoms with Gasteiger partial charge in [-0.1, -0.05) is 11.6 Å². The molecule has 2 aromatic rings. The number of carbonyl (C=O) groups is 1. The molecule has 1 amide bonds. The van der Waals surface area contributed by atoms with Gasteiger partial charge in [0.1, 0.15) is 5.58 Å². The summed E-state index contributed by atoms with van der Waals surface area (Å²) in [7, 11) is 0. The fourth-order valence-corrected chi connectivity index (χ4v) is 3.08. The Morgan fingerprint density at radius 1 is 1.52 bits per heavy atom. The van der Waals surface area contributed by atoms with Crippen molar-refractivity contribution in [1.29, 1.82) is 0 Å². The van der Waals surface area contributed by atoms with Crippen LogP contribution in [-0.4, -0.2) is 35.1 Å². The number of likely N-dealkylation sites (tertiary alicyclic amines) is 1. The number of aryl methyl sites for hydroxylation is 1. The van der Waals surface area contributed by atoms with Gasteiger partial charge in [0, 0.05) is 35.0 Å². The summed E-state index contributed by atoms with van der Waals surface area (Å²) < 4.78 is 5.71. The predicted molar refractivity (Wildman–Crippen MR) is 81.7 cm³/mol. The fraction of sp³-hybridized carbons (Fsp3) is 0.438. The molecule has 0 spiro atoms. The van der Waals surface area contributed by atoms with E-state index < -0.39 is 6.10 Å². The van der Waals surface area contributed by atoms with Crippen LogP contribution in [0.15, 0.2) is 22.6 Å². The van der Waals surface area contributed by atoms with E-state index in [9.17, 15) is 9.90 Å². The molecule has 1 aliphatic rings. The van der Waals surface area contributed by atoms with Crippen LogP contribution in [-0.2, 0) is 0 Å². The lowest BCUT2D eigenvalue weighted by atomic mass is 10.0. The Morgan fingerprint density at radius 2 is 2.29 bits per heavy atom. The number of hydrogen-bond acceptors (Lipinski definition) is 3. The first-order chi connectivity index (χ1) is 9.97. The zero-order valence-corrected chi connectivity index (χ0v) is 12.9. The number of amides is 1. The van der Waals surface area contributed by atoms with E-state index in [0.29, 0.717) is 29.5 Å². The molecule has 0 saturated carbocycles. The number of aliphatic hydroxyl groups is 1. The SMILES string of the molecule is Cc1c(C(=O)N2CCC(C(C)O)C2)oc2ccc(Cl)cc12. The molecule has 1 fully saturated rings. The quantitative estimate of drug-likeness (QED) is 0.926. The topological polar surface area (TPSA) is 53.7 Å². The highest BCUT2D eigenvalue weighted by Crippen LogP contribution is 2.30. The lowest BCUT2D eigenvalue weighted by Gasteiger charge is -2.16. The maximum Gasteiger partial charge on any atom is 0.289 e. The lowest BCUT2D eigenvalue weighted by Crippen LogP contribution is -2.30. The van der Waals surface area contributed by atoms with Gasteiger partial charge in [0.25, 0.3) is 5.91 Å². The number of benzene rings is 1. The van der Waals surface area contributed by atoms with Crippen molar-refractivity contribution in [2.45, 2.75) is 26.4 Å². The van der Waals surface area contributed by atoms with Crippen molar-refractivity contribution in [2.75, 3.05) is 13.1 Å². The minimum Gasteiger partial charge on any atom is -0.451 e. The molecule has 2 atom stereocenters. The highest BCUT2D eigenvalue weighted by molar-refractivity contribution is 6.31. The summed E-state index contributed by atoms with van der Waals surface area (Å²) in [5.41, 5.74) is 1.49. The van der Waals surface area contributed by atoms with Crippen LogP contribution in [0, 0.1) is 12.8 Å². The summed E-state index contributed by atoms with van der Waals surface area (Å²) in [6.07, 6.45) is 0.437. The Balaban J connectivity index is 1.90. The molecule has 0 aliphatic carbocycles. The Bertz CT molecular complexity index is 692. The molecule has 4 nitrogen and oxygen atoms in total. The van der Waals surface area contributed by atoms with Gasteiger partial charge >= 0.3 is 0 Å². The van der Waals surface area contributed by atoms with Gasteiger partial charge in [-0.2, -0.15) is 0 Å². The Labute approximate surface area is 128 Å². The minimum absolute atomic E-state index is 0.108. The number of aliphatic hydroxyl groups excluding tert-OH is 1. The van der Waals surface area contributed by atoms with Gasteiger partial charge in [-0.15, -0.1) is 0 Å². The first-order valence-electron chi connectivity index (χ1n) is 7.13. The summed E-state index contributed by atoms with van der Waals surface area (Å²) in [6, 6.07) is 5.35. The molecule has 1 aliphatic heterocycles. The van der Waals surface area contributed by atoms with E-state index in [-0.39, 0.29) is 11.8 Å². The smallest absolute Gasteiger partial charge is 0.289 e. The Hall–Kier alpha value is -1.52. The molecule has 1 aromatic heterocycles. The van der Waals surface area contributed by atoms with Gasteiger partial charge in [-0.3, -0.25) is 4.79 Å². The minimum atomic E-state index is -0.390. The number of carbonyl (C=O) groups excluding carboxylic acids is 1. The zero-order chi connectivity index (χ0) is 15.1. The molecule has 5 heteroatoms. The van der Waals surface area contributed by atoms with Crippen LogP contribution in [0.3, 0.4) is 0 Å². The van der Waals surface area contributed by atoms with E-state index in [1.54, 1.807) is 24.0 Å². The van der Waals surface area contributed by atoms with Crippen LogP contribution in [0.4, 0.5) is 0 Å². The predicted octanol–water partition coefficient (Wildman–Crippen LogP) is 3.24. The van der Waals surface area contributed by atoms with E-state index in [4.69, 9.17) is 16.0 Å². The van der Waals surface area contributed by atoms with E-state index >= 15 is 0 Å². The first kappa shape index (κ1) is 14.4. The molecule has 1 aromatic carbocycles. The van der Waals surface area contributed by atoms with Crippen LogP contribution in [0.25, 0.3) is 11.0 Å². The number of rotatable bonds is 2. The van der Waals surface area contributed by atoms with Crippen LogP contribution < -0.4 is 0 Å². The highest BCUT2D eigenvalue weighted by Gasteiger charge is 2.32. The maximum absolute atomic E-state index is 12.6. The molecule has 2 heterocycles. The van der Waals surface area contributed by atoms with E-state index in [2.05, 4.69) is 0 Å². The Morgan fingerprint density at radius 3 is 2.95 bits per heavy atom. The average Bonchev–Trinajstić information content (AvgIpc) is 3.04. The molecule has 2 unspecified atom stereocenters. The van der Waals surface area contributed by atoms with Crippen molar-refractivity contribution < 1.29 is 14.3 Å². The highest BCUT2D eigenvalue weighted by atomic mass is 35.5. The summed E-state index contributed by atoms with van der Waals surface area (Å²) in [6.45, 7) is 4.88. The van der Waals surface area contributed by atoms with Crippen molar-refractivity contribution in [2.24, 2.45) is 5.92 Å². The fourth-order valence-electron chi connectivity index (χ4n) is 2.91. The second-order valence-corrected chi connectivity index (χ2v) is 6.17. The monoisotopic (exact) mass is 307 g/mol. The summed E-state index contributed by atoms with van der Waals surface area (Å²) >= 11 is 6.00. The third-order valence-corrected chi connectivity index (χ3v) is 4.52. The number of fused-ring (bicyclic) bond motifs is 1. The zero-order valence-electron chi connectivity index (χ0n) is 12.1. The lowest BCUT2D eigenvalue weighted by molar-refractivity contribution is 0.0733. The van der Waals surface area contributed by atoms with Crippen molar-refractivity contribution in [3.63, 3.8) is 0 Å². The molecule has 1 saturated heterocycles. The van der Waals surface area contributed by atoms with Crippen molar-refractivity contribution in [3.8, 4) is 0 Å². The van der Waals surface area contributed by atoms with Crippen molar-refractivity contribution in [3.05, 3.63) is 34.5 Å². The standard InChI is InChI=1S/C16H18ClNO3/c1-9-13-7-12(17)3-4-14(13)21-15(9)16(20)18-6-5-11(8-18)10(2)19/h3-4,7,10-11,19H,5-6,8H2,1-2H3. The molecular weight excluding hydrogens is 290 g/mol. The third-order valence-electron chi connectivity index (χ3n) is 4.29. The largest absolute Gasteiger partial charge is 0.451 e. The van der Waals surface area contributed by atoms with Crippen LogP contribution in [0.1, 0.15) is 29.5 Å². The second-order valence-electron chi connectivity index (χ2n) is 5.74. The van der Waals surface area contributed by atoms with E-state index in [0.717, 1.165) is 17.4 Å². The number of hydrogen-bond donors (Lipinski definition) is 1. The molecule has 21 heavy (non-hydrogen) atoms. The van der Waals surface area contributed by atoms with Crippen LogP contribution in [0.2, 0.25) is 5.02 Å². The number of halogens is 1.